The molecule has 0 bridgehead atoms. The Hall–Kier alpha value is -3.43. The minimum absolute atomic E-state index is 0.104. The molecule has 0 spiro atoms. The topological polar surface area (TPSA) is 114 Å². The molecule has 36 heavy (non-hydrogen) atoms. The number of para-hydroxylation sites is 1. The van der Waals surface area contributed by atoms with Gasteiger partial charge in [-0.05, 0) is 54.3 Å². The number of carbonyl (C=O) groups excluding carboxylic acids is 1. The lowest BCUT2D eigenvalue weighted by Crippen LogP contribution is -2.36. The molecule has 2 aromatic carbocycles. The number of Topliss-reactive ketones (excluding diaryl/α,β-unsaturated/α-hetero) is 1. The average molecular weight is 512 g/mol. The van der Waals surface area contributed by atoms with E-state index in [1.165, 1.54) is 17.3 Å². The van der Waals surface area contributed by atoms with E-state index in [1.807, 2.05) is 32.0 Å². The van der Waals surface area contributed by atoms with Gasteiger partial charge in [0.15, 0.2) is 11.5 Å². The van der Waals surface area contributed by atoms with E-state index in [9.17, 15) is 23.1 Å². The Balaban J connectivity index is 1.72. The predicted octanol–water partition coefficient (Wildman–Crippen LogP) is 4.76. The monoisotopic (exact) mass is 511 g/mol. The lowest BCUT2D eigenvalue weighted by molar-refractivity contribution is -0.137. The highest BCUT2D eigenvalue weighted by Crippen LogP contribution is 2.35. The van der Waals surface area contributed by atoms with Crippen LogP contribution in [0, 0.1) is 6.92 Å². The number of sulfonamides is 1. The minimum Gasteiger partial charge on any atom is -0.488 e. The lowest BCUT2D eigenvalue weighted by Gasteiger charge is -2.24. The van der Waals surface area contributed by atoms with Gasteiger partial charge in [0.2, 0.25) is 10.0 Å². The molecule has 1 unspecified atom stereocenters. The van der Waals surface area contributed by atoms with Crippen LogP contribution in [0.25, 0.3) is 0 Å². The number of carbonyl (C=O) groups is 2. The number of carboxylic acids is 1. The number of ether oxygens (including phenoxy) is 1. The van der Waals surface area contributed by atoms with E-state index >= 15 is 0 Å². The first kappa shape index (κ1) is 25.7. The van der Waals surface area contributed by atoms with Crippen LogP contribution in [0.2, 0.25) is 0 Å². The van der Waals surface area contributed by atoms with E-state index in [2.05, 4.69) is 0 Å². The van der Waals surface area contributed by atoms with Crippen LogP contribution in [0.3, 0.4) is 0 Å². The number of rotatable bonds is 8. The van der Waals surface area contributed by atoms with Crippen molar-refractivity contribution in [3.63, 3.8) is 0 Å². The number of carboxylic acid groups (broad SMARTS) is 1. The van der Waals surface area contributed by atoms with Crippen LogP contribution in [0.15, 0.2) is 63.9 Å². The van der Waals surface area contributed by atoms with E-state index in [-0.39, 0.29) is 42.1 Å². The van der Waals surface area contributed by atoms with E-state index in [0.29, 0.717) is 23.5 Å². The van der Waals surface area contributed by atoms with Gasteiger partial charge < -0.3 is 14.3 Å². The Morgan fingerprint density at radius 1 is 1.14 bits per heavy atom. The summed E-state index contributed by atoms with van der Waals surface area (Å²) in [5, 5.41) is 9.55. The molecule has 190 valence electrons. The molecule has 2 heterocycles. The van der Waals surface area contributed by atoms with Gasteiger partial charge in [-0.25, -0.2) is 8.42 Å². The molecule has 1 aromatic heterocycles. The molecule has 3 aromatic rings. The lowest BCUT2D eigenvalue weighted by atomic mass is 9.90. The highest BCUT2D eigenvalue weighted by Gasteiger charge is 2.34. The van der Waals surface area contributed by atoms with Crippen molar-refractivity contribution >= 4 is 21.8 Å². The summed E-state index contributed by atoms with van der Waals surface area (Å²) in [6.07, 6.45) is 0.0886. The second kappa shape index (κ2) is 10.3. The van der Waals surface area contributed by atoms with Gasteiger partial charge >= 0.3 is 5.97 Å². The molecule has 8 nitrogen and oxygen atoms in total. The van der Waals surface area contributed by atoms with Crippen LogP contribution >= 0.6 is 0 Å². The van der Waals surface area contributed by atoms with Gasteiger partial charge in [-0.2, -0.15) is 4.31 Å². The quantitative estimate of drug-likeness (QED) is 0.434. The number of fused-ring (bicyclic) bond motifs is 1. The molecule has 1 aliphatic rings. The largest absolute Gasteiger partial charge is 0.488 e. The summed E-state index contributed by atoms with van der Waals surface area (Å²) in [5.41, 5.74) is 2.29. The third-order valence-electron chi connectivity index (χ3n) is 6.44. The fraction of sp³-hybridized carbons (Fsp3) is 0.333. The molecule has 0 fully saturated rings. The Labute approximate surface area is 210 Å². The zero-order chi connectivity index (χ0) is 26.0. The van der Waals surface area contributed by atoms with E-state index in [0.717, 1.165) is 11.1 Å². The Morgan fingerprint density at radius 2 is 1.89 bits per heavy atom. The van der Waals surface area contributed by atoms with Crippen LogP contribution in [0.4, 0.5) is 0 Å². The zero-order valence-corrected chi connectivity index (χ0v) is 21.2. The molecule has 9 heteroatoms. The number of aryl methyl sites for hydroxylation is 1. The summed E-state index contributed by atoms with van der Waals surface area (Å²) in [6, 6.07) is 15.3. The maximum atomic E-state index is 13.6. The van der Waals surface area contributed by atoms with Gasteiger partial charge in [-0.1, -0.05) is 37.3 Å². The molecule has 1 aliphatic heterocycles. The van der Waals surface area contributed by atoms with Crippen LogP contribution < -0.4 is 4.74 Å². The van der Waals surface area contributed by atoms with Crippen molar-refractivity contribution in [3.05, 3.63) is 82.8 Å². The van der Waals surface area contributed by atoms with Gasteiger partial charge in [0, 0.05) is 13.5 Å². The van der Waals surface area contributed by atoms with Crippen LogP contribution in [-0.2, 0) is 21.4 Å². The first-order chi connectivity index (χ1) is 17.1. The van der Waals surface area contributed by atoms with Gasteiger partial charge in [0.1, 0.15) is 22.5 Å². The van der Waals surface area contributed by atoms with E-state index in [4.69, 9.17) is 9.15 Å². The van der Waals surface area contributed by atoms with Crippen molar-refractivity contribution in [2.45, 2.75) is 57.1 Å². The molecular formula is C27H29NO7S. The van der Waals surface area contributed by atoms with Crippen LogP contribution in [-0.4, -0.2) is 42.2 Å². The van der Waals surface area contributed by atoms with E-state index in [1.54, 1.807) is 30.3 Å². The average Bonchev–Trinajstić information content (AvgIpc) is 3.29. The van der Waals surface area contributed by atoms with Gasteiger partial charge in [0.05, 0.1) is 18.9 Å². The van der Waals surface area contributed by atoms with Gasteiger partial charge in [-0.15, -0.1) is 0 Å². The number of aliphatic carboxylic acids is 1. The molecular weight excluding hydrogens is 482 g/mol. The van der Waals surface area contributed by atoms with Crippen molar-refractivity contribution in [1.82, 2.24) is 4.31 Å². The maximum absolute atomic E-state index is 13.6. The number of hydrogen-bond acceptors (Lipinski definition) is 6. The summed E-state index contributed by atoms with van der Waals surface area (Å²) in [6.45, 7) is 5.51. The molecule has 0 saturated carbocycles. The van der Waals surface area contributed by atoms with Crippen LogP contribution in [0.1, 0.15) is 65.6 Å². The number of ketones is 1. The Morgan fingerprint density at radius 3 is 2.56 bits per heavy atom. The Bertz CT molecular complexity index is 1390. The smallest absolute Gasteiger partial charge is 0.304 e. The third kappa shape index (κ3) is 5.22. The SMILES string of the molecule is CC[C@@H]1CN(Cc2cc(C(CC(=O)O)c3ccc(C(C)=O)o3)ccc2C)S(=O)(=O)c2ccccc2O1. The van der Waals surface area contributed by atoms with Crippen molar-refractivity contribution in [3.8, 4) is 5.75 Å². The van der Waals surface area contributed by atoms with Crippen molar-refractivity contribution in [2.75, 3.05) is 6.54 Å². The van der Waals surface area contributed by atoms with Gasteiger partial charge in [-0.3, -0.25) is 9.59 Å². The Kier molecular flexibility index (Phi) is 7.33. The molecule has 2 atom stereocenters. The van der Waals surface area contributed by atoms with Gasteiger partial charge in [0.25, 0.3) is 0 Å². The van der Waals surface area contributed by atoms with Crippen molar-refractivity contribution < 1.29 is 32.3 Å². The predicted molar refractivity (Wildman–Crippen MR) is 133 cm³/mol. The summed E-state index contributed by atoms with van der Waals surface area (Å²) in [4.78, 5) is 23.5. The number of hydrogen-bond donors (Lipinski definition) is 1. The summed E-state index contributed by atoms with van der Waals surface area (Å²) >= 11 is 0. The highest BCUT2D eigenvalue weighted by molar-refractivity contribution is 7.89. The summed E-state index contributed by atoms with van der Waals surface area (Å²) in [5.74, 6) is -1.03. The first-order valence-electron chi connectivity index (χ1n) is 11.8. The molecule has 1 N–H and O–H groups in total. The fourth-order valence-corrected chi connectivity index (χ4v) is 5.93. The van der Waals surface area contributed by atoms with Crippen LogP contribution in [0.5, 0.6) is 5.75 Å². The molecule has 4 rings (SSSR count). The molecule has 0 saturated heterocycles. The molecule has 0 amide bonds. The second-order valence-electron chi connectivity index (χ2n) is 8.99. The number of benzene rings is 2. The maximum Gasteiger partial charge on any atom is 0.304 e. The fourth-order valence-electron chi connectivity index (χ4n) is 4.36. The van der Waals surface area contributed by atoms with Crippen molar-refractivity contribution in [1.29, 1.82) is 0 Å². The van der Waals surface area contributed by atoms with Crippen molar-refractivity contribution in [2.24, 2.45) is 0 Å². The normalized spacial score (nSPS) is 18.0. The molecule has 0 radical (unpaired) electrons. The zero-order valence-electron chi connectivity index (χ0n) is 20.4. The second-order valence-corrected chi connectivity index (χ2v) is 10.9. The standard InChI is InChI=1S/C27H29NO7S/c1-4-21-16-28(36(32,33)26-8-6-5-7-25(26)34-21)15-20-13-19(10-9-17(20)2)22(14-27(30)31)24-12-11-23(35-24)18(3)29/h5-13,21-22H,4,14-16H2,1-3H3,(H,30,31)/t21-,22?/m1/s1. The summed E-state index contributed by atoms with van der Waals surface area (Å²) < 4.78 is 40.2. The number of nitrogens with zero attached hydrogens (tertiary/aromatic N) is 1. The molecule has 0 aliphatic carbocycles. The third-order valence-corrected chi connectivity index (χ3v) is 8.29. The van der Waals surface area contributed by atoms with E-state index < -0.39 is 21.9 Å². The highest BCUT2D eigenvalue weighted by atomic mass is 32.2. The minimum atomic E-state index is -3.83. The first-order valence-corrected chi connectivity index (χ1v) is 13.2. The number of furan rings is 1. The summed E-state index contributed by atoms with van der Waals surface area (Å²) in [7, 11) is -3.83.